The predicted molar refractivity (Wildman–Crippen MR) is 101 cm³/mol. The van der Waals surface area contributed by atoms with Crippen LogP contribution in [-0.4, -0.2) is 24.4 Å². The lowest BCUT2D eigenvalue weighted by atomic mass is 9.88. The first-order valence-electron chi connectivity index (χ1n) is 9.68. The molecule has 0 saturated heterocycles. The van der Waals surface area contributed by atoms with E-state index in [9.17, 15) is 9.59 Å². The van der Waals surface area contributed by atoms with Crippen molar-refractivity contribution in [1.82, 2.24) is 10.6 Å². The van der Waals surface area contributed by atoms with Crippen LogP contribution in [0.1, 0.15) is 57.9 Å². The van der Waals surface area contributed by atoms with Gasteiger partial charge in [0.2, 0.25) is 11.8 Å². The zero-order valence-electron chi connectivity index (χ0n) is 15.6. The van der Waals surface area contributed by atoms with Gasteiger partial charge in [-0.15, -0.1) is 0 Å². The van der Waals surface area contributed by atoms with Crippen molar-refractivity contribution in [2.75, 3.05) is 6.54 Å². The fraction of sp³-hybridized carbons (Fsp3) is 0.619. The van der Waals surface area contributed by atoms with Crippen molar-refractivity contribution < 1.29 is 9.59 Å². The summed E-state index contributed by atoms with van der Waals surface area (Å²) in [6.07, 6.45) is 6.85. The Morgan fingerprint density at radius 2 is 1.76 bits per heavy atom. The number of nitrogens with one attached hydrogen (secondary N) is 2. The number of carbonyl (C=O) groups is 2. The summed E-state index contributed by atoms with van der Waals surface area (Å²) in [5.74, 6) is 0.439. The van der Waals surface area contributed by atoms with E-state index >= 15 is 0 Å². The van der Waals surface area contributed by atoms with Crippen LogP contribution in [0.3, 0.4) is 0 Å². The Morgan fingerprint density at radius 1 is 1.08 bits per heavy atom. The van der Waals surface area contributed by atoms with Crippen molar-refractivity contribution in [3.63, 3.8) is 0 Å². The van der Waals surface area contributed by atoms with Crippen molar-refractivity contribution in [3.8, 4) is 0 Å². The van der Waals surface area contributed by atoms with Crippen molar-refractivity contribution in [2.24, 2.45) is 11.8 Å². The average molecular weight is 344 g/mol. The van der Waals surface area contributed by atoms with Crippen LogP contribution < -0.4 is 10.6 Å². The largest absolute Gasteiger partial charge is 0.354 e. The topological polar surface area (TPSA) is 58.2 Å². The van der Waals surface area contributed by atoms with Gasteiger partial charge < -0.3 is 10.6 Å². The monoisotopic (exact) mass is 344 g/mol. The Kier molecular flexibility index (Phi) is 7.96. The smallest absolute Gasteiger partial charge is 0.242 e. The quantitative estimate of drug-likeness (QED) is 0.759. The lowest BCUT2D eigenvalue weighted by Crippen LogP contribution is -2.49. The molecule has 0 heterocycles. The molecule has 138 valence electrons. The molecule has 2 N–H and O–H groups in total. The van der Waals surface area contributed by atoms with Crippen LogP contribution in [-0.2, 0) is 16.0 Å². The van der Waals surface area contributed by atoms with E-state index in [0.717, 1.165) is 32.1 Å². The van der Waals surface area contributed by atoms with E-state index in [1.165, 1.54) is 12.0 Å². The second kappa shape index (κ2) is 10.2. The Labute approximate surface area is 151 Å². The van der Waals surface area contributed by atoms with Crippen LogP contribution in [0.5, 0.6) is 0 Å². The van der Waals surface area contributed by atoms with Gasteiger partial charge in [0.1, 0.15) is 6.04 Å². The average Bonchev–Trinajstić information content (AvgIpc) is 2.62. The van der Waals surface area contributed by atoms with E-state index in [1.807, 2.05) is 18.2 Å². The molecule has 0 bridgehead atoms. The van der Waals surface area contributed by atoms with Gasteiger partial charge in [-0.1, -0.05) is 63.4 Å². The summed E-state index contributed by atoms with van der Waals surface area (Å²) in [7, 11) is 0. The van der Waals surface area contributed by atoms with Crippen molar-refractivity contribution in [3.05, 3.63) is 35.9 Å². The van der Waals surface area contributed by atoms with E-state index in [-0.39, 0.29) is 17.7 Å². The van der Waals surface area contributed by atoms with Gasteiger partial charge in [0, 0.05) is 12.5 Å². The molecule has 4 heteroatoms. The van der Waals surface area contributed by atoms with E-state index in [0.29, 0.717) is 18.9 Å². The molecule has 1 aliphatic carbocycles. The second-order valence-electron chi connectivity index (χ2n) is 7.55. The maximum Gasteiger partial charge on any atom is 0.242 e. The van der Waals surface area contributed by atoms with Gasteiger partial charge in [-0.25, -0.2) is 0 Å². The van der Waals surface area contributed by atoms with Crippen LogP contribution in [0.25, 0.3) is 0 Å². The summed E-state index contributed by atoms with van der Waals surface area (Å²) < 4.78 is 0. The molecule has 1 saturated carbocycles. The minimum atomic E-state index is -0.426. The van der Waals surface area contributed by atoms with E-state index in [1.54, 1.807) is 0 Å². The highest BCUT2D eigenvalue weighted by molar-refractivity contribution is 5.88. The number of benzene rings is 1. The summed E-state index contributed by atoms with van der Waals surface area (Å²) in [6.45, 7) is 4.75. The van der Waals surface area contributed by atoms with Gasteiger partial charge in [-0.2, -0.15) is 0 Å². The highest BCUT2D eigenvalue weighted by Crippen LogP contribution is 2.24. The molecule has 0 aliphatic heterocycles. The molecule has 1 aromatic carbocycles. The number of rotatable bonds is 8. The number of carbonyl (C=O) groups excluding carboxylic acids is 2. The Hall–Kier alpha value is -1.84. The van der Waals surface area contributed by atoms with E-state index in [2.05, 4.69) is 36.6 Å². The van der Waals surface area contributed by atoms with Crippen molar-refractivity contribution >= 4 is 11.8 Å². The number of hydrogen-bond donors (Lipinski definition) is 2. The highest BCUT2D eigenvalue weighted by Gasteiger charge is 2.27. The molecule has 0 unspecified atom stereocenters. The van der Waals surface area contributed by atoms with Gasteiger partial charge in [0.25, 0.3) is 0 Å². The third kappa shape index (κ3) is 6.89. The van der Waals surface area contributed by atoms with Crippen molar-refractivity contribution in [1.29, 1.82) is 0 Å². The Balaban J connectivity index is 1.84. The molecule has 4 nitrogen and oxygen atoms in total. The zero-order valence-corrected chi connectivity index (χ0v) is 15.6. The molecular formula is C21H32N2O2. The summed E-state index contributed by atoms with van der Waals surface area (Å²) >= 11 is 0. The molecule has 0 aromatic heterocycles. The minimum absolute atomic E-state index is 0.0589. The van der Waals surface area contributed by atoms with E-state index in [4.69, 9.17) is 0 Å². The molecule has 2 rings (SSSR count). The van der Waals surface area contributed by atoms with Crippen LogP contribution >= 0.6 is 0 Å². The summed E-state index contributed by atoms with van der Waals surface area (Å²) in [5.41, 5.74) is 1.20. The van der Waals surface area contributed by atoms with Crippen LogP contribution in [0.2, 0.25) is 0 Å². The molecular weight excluding hydrogens is 312 g/mol. The lowest BCUT2D eigenvalue weighted by Gasteiger charge is -2.25. The number of hydrogen-bond acceptors (Lipinski definition) is 2. The van der Waals surface area contributed by atoms with Gasteiger partial charge in [0.05, 0.1) is 0 Å². The molecule has 1 aromatic rings. The fourth-order valence-electron chi connectivity index (χ4n) is 3.46. The predicted octanol–water partition coefficient (Wildman–Crippen LogP) is 3.46. The molecule has 1 fully saturated rings. The summed E-state index contributed by atoms with van der Waals surface area (Å²) in [5, 5.41) is 6.01. The first-order valence-corrected chi connectivity index (χ1v) is 9.68. The fourth-order valence-corrected chi connectivity index (χ4v) is 3.46. The third-order valence-corrected chi connectivity index (χ3v) is 4.87. The SMILES string of the molecule is CC(C)C[C@H](NC(=O)C1CCCCC1)C(=O)NCCc1ccccc1. The summed E-state index contributed by atoms with van der Waals surface area (Å²) in [6, 6.07) is 9.68. The standard InChI is InChI=1S/C21H32N2O2/c1-16(2)15-19(23-20(24)18-11-7-4-8-12-18)21(25)22-14-13-17-9-5-3-6-10-17/h3,5-6,9-10,16,18-19H,4,7-8,11-15H2,1-2H3,(H,22,25)(H,23,24)/t19-/m0/s1. The van der Waals surface area contributed by atoms with Gasteiger partial charge in [-0.3, -0.25) is 9.59 Å². The highest BCUT2D eigenvalue weighted by atomic mass is 16.2. The Morgan fingerprint density at radius 3 is 2.40 bits per heavy atom. The molecule has 2 amide bonds. The molecule has 25 heavy (non-hydrogen) atoms. The maximum atomic E-state index is 12.6. The molecule has 0 radical (unpaired) electrons. The summed E-state index contributed by atoms with van der Waals surface area (Å²) in [4.78, 5) is 25.1. The first kappa shape index (κ1) is 19.5. The van der Waals surface area contributed by atoms with Gasteiger partial charge >= 0.3 is 0 Å². The van der Waals surface area contributed by atoms with Crippen LogP contribution in [0.15, 0.2) is 30.3 Å². The zero-order chi connectivity index (χ0) is 18.1. The molecule has 1 atom stereocenters. The maximum absolute atomic E-state index is 12.6. The second-order valence-corrected chi connectivity index (χ2v) is 7.55. The molecule has 1 aliphatic rings. The lowest BCUT2D eigenvalue weighted by molar-refractivity contribution is -0.132. The van der Waals surface area contributed by atoms with Gasteiger partial charge in [-0.05, 0) is 37.2 Å². The first-order chi connectivity index (χ1) is 12.1. The van der Waals surface area contributed by atoms with Gasteiger partial charge in [0.15, 0.2) is 0 Å². The molecule has 0 spiro atoms. The van der Waals surface area contributed by atoms with Crippen molar-refractivity contribution in [2.45, 2.75) is 64.8 Å². The minimum Gasteiger partial charge on any atom is -0.354 e. The van der Waals surface area contributed by atoms with E-state index < -0.39 is 6.04 Å². The normalized spacial score (nSPS) is 16.4. The van der Waals surface area contributed by atoms with Crippen LogP contribution in [0.4, 0.5) is 0 Å². The third-order valence-electron chi connectivity index (χ3n) is 4.87. The number of amides is 2. The van der Waals surface area contributed by atoms with Crippen LogP contribution in [0, 0.1) is 11.8 Å². The Bertz CT molecular complexity index is 536.